The Bertz CT molecular complexity index is 1130. The molecule has 33 heavy (non-hydrogen) atoms. The van der Waals surface area contributed by atoms with Crippen LogP contribution in [0.25, 0.3) is 11.3 Å². The van der Waals surface area contributed by atoms with Gasteiger partial charge in [-0.05, 0) is 50.3 Å². The van der Waals surface area contributed by atoms with Crippen LogP contribution in [0.5, 0.6) is 0 Å². The van der Waals surface area contributed by atoms with E-state index in [4.69, 9.17) is 4.52 Å². The van der Waals surface area contributed by atoms with Gasteiger partial charge in [0.25, 0.3) is 0 Å². The zero-order chi connectivity index (χ0) is 22.9. The quantitative estimate of drug-likeness (QED) is 0.566. The summed E-state index contributed by atoms with van der Waals surface area (Å²) in [7, 11) is 0. The average molecular weight is 449 g/mol. The third kappa shape index (κ3) is 4.85. The van der Waals surface area contributed by atoms with Crippen molar-refractivity contribution in [1.29, 1.82) is 0 Å². The number of nitrogens with one attached hydrogen (secondary N) is 1. The molecule has 1 saturated carbocycles. The number of benzene rings is 1. The van der Waals surface area contributed by atoms with E-state index in [0.717, 1.165) is 56.0 Å². The molecule has 1 N–H and O–H groups in total. The minimum atomic E-state index is 0.104. The lowest BCUT2D eigenvalue weighted by Gasteiger charge is -2.28. The molecule has 5 rings (SSSR count). The maximum atomic E-state index is 12.4. The Hall–Kier alpha value is -3.00. The van der Waals surface area contributed by atoms with E-state index in [1.165, 1.54) is 16.7 Å². The van der Waals surface area contributed by atoms with Crippen LogP contribution in [0.15, 0.2) is 28.9 Å². The van der Waals surface area contributed by atoms with Gasteiger partial charge in [-0.1, -0.05) is 17.3 Å². The molecule has 1 amide bonds. The topological polar surface area (TPSA) is 91.2 Å². The molecule has 1 aliphatic heterocycles. The Balaban J connectivity index is 1.21. The second-order valence-electron chi connectivity index (χ2n) is 9.53. The van der Waals surface area contributed by atoms with Crippen LogP contribution >= 0.6 is 0 Å². The molecule has 0 spiro atoms. The number of rotatable bonds is 8. The first-order valence-corrected chi connectivity index (χ1v) is 11.9. The van der Waals surface area contributed by atoms with E-state index in [-0.39, 0.29) is 11.9 Å². The highest BCUT2D eigenvalue weighted by Gasteiger charge is 2.31. The third-order valence-electron chi connectivity index (χ3n) is 6.99. The number of carbonyl (C=O) groups excluding carboxylic acids is 1. The number of H-pyrrole nitrogens is 1. The Morgan fingerprint density at radius 2 is 2.09 bits per heavy atom. The molecule has 2 fully saturated rings. The SMILES string of the molecule is CC(=O)N(CCc1noc(C2CC2)n1)C1CCN(Cc2cn[nH]c2-c2ccc(C)c(C)c2)C1. The first kappa shape index (κ1) is 21.8. The van der Waals surface area contributed by atoms with Crippen LogP contribution in [0.4, 0.5) is 0 Å². The van der Waals surface area contributed by atoms with Crippen molar-refractivity contribution in [2.45, 2.75) is 65.0 Å². The number of hydrogen-bond acceptors (Lipinski definition) is 6. The van der Waals surface area contributed by atoms with Crippen LogP contribution in [0, 0.1) is 13.8 Å². The smallest absolute Gasteiger partial charge is 0.229 e. The second kappa shape index (κ2) is 9.09. The molecule has 174 valence electrons. The number of aryl methyl sites for hydroxylation is 2. The molecule has 0 radical (unpaired) electrons. The second-order valence-corrected chi connectivity index (χ2v) is 9.53. The van der Waals surface area contributed by atoms with Crippen molar-refractivity contribution in [3.05, 3.63) is 52.8 Å². The van der Waals surface area contributed by atoms with Gasteiger partial charge in [-0.2, -0.15) is 10.1 Å². The molecular formula is C25H32N6O2. The zero-order valence-corrected chi connectivity index (χ0v) is 19.7. The molecule has 8 nitrogen and oxygen atoms in total. The van der Waals surface area contributed by atoms with E-state index in [1.54, 1.807) is 6.92 Å². The zero-order valence-electron chi connectivity index (χ0n) is 19.7. The standard InChI is InChI=1S/C25H32N6O2/c1-16-4-5-20(12-17(16)2)24-21(13-26-28-24)14-30-10-8-22(15-30)31(18(3)32)11-9-23-27-25(33-29-23)19-6-7-19/h4-5,12-13,19,22H,6-11,14-15H2,1-3H3,(H,26,28). The minimum Gasteiger partial charge on any atom is -0.339 e. The summed E-state index contributed by atoms with van der Waals surface area (Å²) in [6.07, 6.45) is 5.80. The lowest BCUT2D eigenvalue weighted by atomic mass is 10.0. The van der Waals surface area contributed by atoms with E-state index < -0.39 is 0 Å². The van der Waals surface area contributed by atoms with Crippen molar-refractivity contribution in [2.24, 2.45) is 0 Å². The summed E-state index contributed by atoms with van der Waals surface area (Å²) in [5, 5.41) is 11.6. The Morgan fingerprint density at radius 3 is 2.85 bits per heavy atom. The van der Waals surface area contributed by atoms with Gasteiger partial charge in [-0.3, -0.25) is 14.8 Å². The number of aromatic amines is 1. The van der Waals surface area contributed by atoms with Crippen molar-refractivity contribution in [1.82, 2.24) is 30.1 Å². The Labute approximate surface area is 194 Å². The van der Waals surface area contributed by atoms with Crippen LogP contribution in [-0.2, 0) is 17.8 Å². The number of likely N-dealkylation sites (tertiary alicyclic amines) is 1. The summed E-state index contributed by atoms with van der Waals surface area (Å²) in [6.45, 7) is 9.17. The maximum absolute atomic E-state index is 12.4. The minimum absolute atomic E-state index is 0.104. The molecular weight excluding hydrogens is 416 g/mol. The molecule has 2 aliphatic rings. The summed E-state index contributed by atoms with van der Waals surface area (Å²) in [4.78, 5) is 21.3. The predicted octanol–water partition coefficient (Wildman–Crippen LogP) is 3.62. The summed E-state index contributed by atoms with van der Waals surface area (Å²) < 4.78 is 5.36. The van der Waals surface area contributed by atoms with E-state index in [9.17, 15) is 4.79 Å². The van der Waals surface area contributed by atoms with Crippen LogP contribution in [0.1, 0.15) is 60.5 Å². The molecule has 3 heterocycles. The highest BCUT2D eigenvalue weighted by Crippen LogP contribution is 2.38. The number of aromatic nitrogens is 4. The Morgan fingerprint density at radius 1 is 1.24 bits per heavy atom. The highest BCUT2D eigenvalue weighted by atomic mass is 16.5. The van der Waals surface area contributed by atoms with Crippen molar-refractivity contribution in [3.63, 3.8) is 0 Å². The molecule has 0 bridgehead atoms. The summed E-state index contributed by atoms with van der Waals surface area (Å²) in [5.41, 5.74) is 5.99. The fourth-order valence-electron chi connectivity index (χ4n) is 4.71. The average Bonchev–Trinajstić information content (AvgIpc) is 3.15. The Kier molecular flexibility index (Phi) is 6.01. The van der Waals surface area contributed by atoms with Crippen molar-refractivity contribution in [2.75, 3.05) is 19.6 Å². The number of carbonyl (C=O) groups is 1. The number of hydrogen-bond donors (Lipinski definition) is 1. The van der Waals surface area contributed by atoms with Crippen molar-refractivity contribution < 1.29 is 9.32 Å². The van der Waals surface area contributed by atoms with Gasteiger partial charge in [0, 0.05) is 62.6 Å². The van der Waals surface area contributed by atoms with Crippen molar-refractivity contribution in [3.8, 4) is 11.3 Å². The molecule has 1 saturated heterocycles. The van der Waals surface area contributed by atoms with Crippen LogP contribution in [0.3, 0.4) is 0 Å². The van der Waals surface area contributed by atoms with Gasteiger partial charge in [0.2, 0.25) is 11.8 Å². The summed E-state index contributed by atoms with van der Waals surface area (Å²) >= 11 is 0. The normalized spacial score (nSPS) is 18.7. The van der Waals surface area contributed by atoms with Gasteiger partial charge < -0.3 is 9.42 Å². The van der Waals surface area contributed by atoms with Gasteiger partial charge in [0.1, 0.15) is 0 Å². The highest BCUT2D eigenvalue weighted by molar-refractivity contribution is 5.73. The van der Waals surface area contributed by atoms with Crippen LogP contribution in [-0.4, -0.2) is 61.7 Å². The first-order chi connectivity index (χ1) is 16.0. The summed E-state index contributed by atoms with van der Waals surface area (Å²) in [5.74, 6) is 2.02. The summed E-state index contributed by atoms with van der Waals surface area (Å²) in [6, 6.07) is 6.72. The van der Waals surface area contributed by atoms with Crippen molar-refractivity contribution >= 4 is 5.91 Å². The van der Waals surface area contributed by atoms with Gasteiger partial charge in [0.05, 0.1) is 11.9 Å². The molecule has 1 aromatic carbocycles. The van der Waals surface area contributed by atoms with Gasteiger partial charge in [0.15, 0.2) is 5.82 Å². The largest absolute Gasteiger partial charge is 0.339 e. The van der Waals surface area contributed by atoms with Crippen LogP contribution in [0.2, 0.25) is 0 Å². The van der Waals surface area contributed by atoms with Crippen LogP contribution < -0.4 is 0 Å². The van der Waals surface area contributed by atoms with Gasteiger partial charge in [-0.15, -0.1) is 0 Å². The van der Waals surface area contributed by atoms with Gasteiger partial charge in [-0.25, -0.2) is 0 Å². The van der Waals surface area contributed by atoms with E-state index in [1.807, 2.05) is 11.1 Å². The fourth-order valence-corrected chi connectivity index (χ4v) is 4.71. The lowest BCUT2D eigenvalue weighted by Crippen LogP contribution is -2.42. The maximum Gasteiger partial charge on any atom is 0.229 e. The molecule has 1 unspecified atom stereocenters. The molecule has 1 atom stereocenters. The molecule has 2 aromatic heterocycles. The molecule has 1 aliphatic carbocycles. The first-order valence-electron chi connectivity index (χ1n) is 11.9. The van der Waals surface area contributed by atoms with E-state index >= 15 is 0 Å². The predicted molar refractivity (Wildman–Crippen MR) is 125 cm³/mol. The van der Waals surface area contributed by atoms with Gasteiger partial charge >= 0.3 is 0 Å². The molecule has 8 heteroatoms. The molecule has 3 aromatic rings. The fraction of sp³-hybridized carbons (Fsp3) is 0.520. The number of amides is 1. The van der Waals surface area contributed by atoms with E-state index in [0.29, 0.717) is 24.7 Å². The lowest BCUT2D eigenvalue weighted by molar-refractivity contribution is -0.130. The van der Waals surface area contributed by atoms with E-state index in [2.05, 4.69) is 57.3 Å². The monoisotopic (exact) mass is 448 g/mol. The third-order valence-corrected chi connectivity index (χ3v) is 6.99. The number of nitrogens with zero attached hydrogens (tertiary/aromatic N) is 5.